The van der Waals surface area contributed by atoms with Crippen LogP contribution in [0.1, 0.15) is 75.3 Å². The van der Waals surface area contributed by atoms with Gasteiger partial charge in [-0.15, -0.1) is 5.10 Å². The van der Waals surface area contributed by atoms with E-state index in [0.29, 0.717) is 18.2 Å². The Balaban J connectivity index is 1.63. The topological polar surface area (TPSA) is 88.9 Å². The van der Waals surface area contributed by atoms with Crippen LogP contribution in [0, 0.1) is 0 Å². The maximum atomic E-state index is 13.3. The number of aromatic amines is 1. The van der Waals surface area contributed by atoms with Gasteiger partial charge in [0.05, 0.1) is 12.6 Å². The van der Waals surface area contributed by atoms with Gasteiger partial charge in [-0.2, -0.15) is 0 Å². The number of tetrazole rings is 1. The van der Waals surface area contributed by atoms with Crippen LogP contribution in [-0.2, 0) is 0 Å². The first-order valence-electron chi connectivity index (χ1n) is 11.6. The molecule has 31 heavy (non-hydrogen) atoms. The van der Waals surface area contributed by atoms with Crippen molar-refractivity contribution in [3.63, 3.8) is 0 Å². The highest BCUT2D eigenvalue weighted by Crippen LogP contribution is 2.35. The molecule has 0 spiro atoms. The van der Waals surface area contributed by atoms with Crippen molar-refractivity contribution in [2.45, 2.75) is 64.0 Å². The molecule has 1 N–H and O–H groups in total. The summed E-state index contributed by atoms with van der Waals surface area (Å²) in [6.07, 6.45) is 8.07. The number of H-pyrrole nitrogens is 1. The molecule has 2 aromatic heterocycles. The fourth-order valence-electron chi connectivity index (χ4n) is 5.13. The number of nitrogens with one attached hydrogen (secondary N) is 1. The lowest BCUT2D eigenvalue weighted by molar-refractivity contribution is 0.174. The fourth-order valence-corrected chi connectivity index (χ4v) is 5.13. The molecule has 8 heteroatoms. The summed E-state index contributed by atoms with van der Waals surface area (Å²) in [6, 6.07) is 7.87. The second-order valence-electron chi connectivity index (χ2n) is 8.65. The Morgan fingerprint density at radius 2 is 1.94 bits per heavy atom. The van der Waals surface area contributed by atoms with Crippen molar-refractivity contribution in [2.24, 2.45) is 0 Å². The fraction of sp³-hybridized carbons (Fsp3) is 0.565. The van der Waals surface area contributed by atoms with E-state index >= 15 is 0 Å². The summed E-state index contributed by atoms with van der Waals surface area (Å²) in [7, 11) is 0. The molecule has 0 amide bonds. The smallest absolute Gasteiger partial charge is 0.253 e. The zero-order chi connectivity index (χ0) is 21.2. The van der Waals surface area contributed by atoms with E-state index in [1.54, 1.807) is 0 Å². The molecule has 3 aromatic rings. The minimum absolute atomic E-state index is 0.0757. The van der Waals surface area contributed by atoms with Crippen LogP contribution in [0.5, 0.6) is 5.75 Å². The van der Waals surface area contributed by atoms with Crippen molar-refractivity contribution in [1.82, 2.24) is 30.1 Å². The van der Waals surface area contributed by atoms with Crippen molar-refractivity contribution in [3.8, 4) is 5.75 Å². The quantitative estimate of drug-likeness (QED) is 0.653. The van der Waals surface area contributed by atoms with Crippen LogP contribution >= 0.6 is 0 Å². The van der Waals surface area contributed by atoms with Gasteiger partial charge in [-0.1, -0.05) is 19.3 Å². The minimum atomic E-state index is -0.250. The van der Waals surface area contributed by atoms with E-state index in [1.807, 2.05) is 35.9 Å². The number of ether oxygens (including phenoxy) is 1. The maximum Gasteiger partial charge on any atom is 0.253 e. The van der Waals surface area contributed by atoms with Crippen LogP contribution in [0.3, 0.4) is 0 Å². The molecule has 3 heterocycles. The monoisotopic (exact) mass is 422 g/mol. The Hall–Kier alpha value is -2.74. The van der Waals surface area contributed by atoms with Crippen LogP contribution in [0.15, 0.2) is 29.1 Å². The van der Waals surface area contributed by atoms with Gasteiger partial charge in [0.2, 0.25) is 0 Å². The molecule has 2 aliphatic rings. The number of piperidine rings is 1. The molecule has 0 unspecified atom stereocenters. The number of benzene rings is 1. The van der Waals surface area contributed by atoms with E-state index in [4.69, 9.17) is 4.74 Å². The van der Waals surface area contributed by atoms with E-state index < -0.39 is 0 Å². The molecule has 164 valence electrons. The van der Waals surface area contributed by atoms with Gasteiger partial charge in [0, 0.05) is 16.5 Å². The third-order valence-corrected chi connectivity index (χ3v) is 6.64. The van der Waals surface area contributed by atoms with Crippen molar-refractivity contribution >= 4 is 10.9 Å². The molecule has 8 nitrogen and oxygen atoms in total. The van der Waals surface area contributed by atoms with E-state index in [1.165, 1.54) is 19.3 Å². The number of rotatable bonds is 6. The predicted molar refractivity (Wildman–Crippen MR) is 118 cm³/mol. The average molecular weight is 423 g/mol. The highest BCUT2D eigenvalue weighted by molar-refractivity contribution is 5.80. The molecular formula is C23H30N6O2. The molecule has 1 aromatic carbocycles. The maximum absolute atomic E-state index is 13.3. The van der Waals surface area contributed by atoms with Crippen molar-refractivity contribution in [1.29, 1.82) is 0 Å². The standard InChI is InChI=1S/C23H30N6O2/c1-2-31-18-10-11-20-16(14-18)15-19(23(30)24-20)21(28-12-6-3-7-13-28)22-25-26-27-29(22)17-8-4-5-9-17/h10-11,14-15,17,21H,2-9,12-13H2,1H3,(H,24,30)/t21-/m1/s1. The lowest BCUT2D eigenvalue weighted by atomic mass is 10.00. The van der Waals surface area contributed by atoms with Gasteiger partial charge in [0.15, 0.2) is 5.82 Å². The normalized spacial score (nSPS) is 19.1. The zero-order valence-corrected chi connectivity index (χ0v) is 18.1. The van der Waals surface area contributed by atoms with E-state index in [-0.39, 0.29) is 11.6 Å². The van der Waals surface area contributed by atoms with Crippen LogP contribution in [-0.4, -0.2) is 49.8 Å². The van der Waals surface area contributed by atoms with Gasteiger partial charge < -0.3 is 9.72 Å². The minimum Gasteiger partial charge on any atom is -0.494 e. The summed E-state index contributed by atoms with van der Waals surface area (Å²) < 4.78 is 7.67. The number of hydrogen-bond donors (Lipinski definition) is 1. The molecule has 5 rings (SSSR count). The Kier molecular flexibility index (Phi) is 5.72. The summed E-state index contributed by atoms with van der Waals surface area (Å²) in [5.41, 5.74) is 1.44. The first-order valence-corrected chi connectivity index (χ1v) is 11.6. The van der Waals surface area contributed by atoms with Crippen LogP contribution < -0.4 is 10.3 Å². The Morgan fingerprint density at radius 1 is 1.13 bits per heavy atom. The molecule has 1 atom stereocenters. The van der Waals surface area contributed by atoms with Gasteiger partial charge >= 0.3 is 0 Å². The van der Waals surface area contributed by atoms with Gasteiger partial charge in [-0.3, -0.25) is 9.69 Å². The second kappa shape index (κ2) is 8.78. The Morgan fingerprint density at radius 3 is 2.71 bits per heavy atom. The van der Waals surface area contributed by atoms with Gasteiger partial charge in [0.1, 0.15) is 11.8 Å². The van der Waals surface area contributed by atoms with E-state index in [2.05, 4.69) is 25.4 Å². The third-order valence-electron chi connectivity index (χ3n) is 6.64. The van der Waals surface area contributed by atoms with Crippen molar-refractivity contribution in [3.05, 3.63) is 46.0 Å². The molecule has 1 aliphatic carbocycles. The van der Waals surface area contributed by atoms with Gasteiger partial charge in [-0.25, -0.2) is 4.68 Å². The highest BCUT2D eigenvalue weighted by Gasteiger charge is 2.33. The van der Waals surface area contributed by atoms with Crippen molar-refractivity contribution in [2.75, 3.05) is 19.7 Å². The molecule has 1 saturated carbocycles. The number of nitrogens with zero attached hydrogens (tertiary/aromatic N) is 5. The molecule has 0 bridgehead atoms. The van der Waals surface area contributed by atoms with Crippen LogP contribution in [0.2, 0.25) is 0 Å². The molecule has 2 fully saturated rings. The van der Waals surface area contributed by atoms with Gasteiger partial charge in [-0.05, 0) is 80.4 Å². The summed E-state index contributed by atoms with van der Waals surface area (Å²) in [5, 5.41) is 13.8. The Labute approximate surface area is 181 Å². The number of pyridine rings is 1. The van der Waals surface area contributed by atoms with Crippen LogP contribution in [0.4, 0.5) is 0 Å². The molecule has 0 radical (unpaired) electrons. The second-order valence-corrected chi connectivity index (χ2v) is 8.65. The number of fused-ring (bicyclic) bond motifs is 1. The van der Waals surface area contributed by atoms with E-state index in [0.717, 1.165) is 61.2 Å². The summed E-state index contributed by atoms with van der Waals surface area (Å²) in [6.45, 7) is 4.46. The Bertz CT molecular complexity index is 1090. The zero-order valence-electron chi connectivity index (χ0n) is 18.1. The lowest BCUT2D eigenvalue weighted by Crippen LogP contribution is -2.38. The number of hydrogen-bond acceptors (Lipinski definition) is 6. The third kappa shape index (κ3) is 3.96. The average Bonchev–Trinajstić information content (AvgIpc) is 3.48. The largest absolute Gasteiger partial charge is 0.494 e. The molecular weight excluding hydrogens is 392 g/mol. The lowest BCUT2D eigenvalue weighted by Gasteiger charge is -2.34. The summed E-state index contributed by atoms with van der Waals surface area (Å²) in [4.78, 5) is 18.7. The van der Waals surface area contributed by atoms with Gasteiger partial charge in [0.25, 0.3) is 5.56 Å². The predicted octanol–water partition coefficient (Wildman–Crippen LogP) is 3.60. The molecule has 1 saturated heterocycles. The van der Waals surface area contributed by atoms with Crippen molar-refractivity contribution < 1.29 is 4.74 Å². The summed E-state index contributed by atoms with van der Waals surface area (Å²) in [5.74, 6) is 1.60. The molecule has 1 aliphatic heterocycles. The van der Waals surface area contributed by atoms with E-state index in [9.17, 15) is 4.79 Å². The highest BCUT2D eigenvalue weighted by atomic mass is 16.5. The first-order chi connectivity index (χ1) is 15.2. The number of aromatic nitrogens is 5. The first kappa shape index (κ1) is 20.2. The summed E-state index contributed by atoms with van der Waals surface area (Å²) >= 11 is 0. The SMILES string of the molecule is CCOc1ccc2[nH]c(=O)c([C@H](c3nnnn3C3CCCC3)N3CCCCC3)cc2c1. The number of likely N-dealkylation sites (tertiary alicyclic amines) is 1. The van der Waals surface area contributed by atoms with Crippen LogP contribution in [0.25, 0.3) is 10.9 Å².